The highest BCUT2D eigenvalue weighted by Crippen LogP contribution is 2.14. The van der Waals surface area contributed by atoms with Crippen LogP contribution in [-0.4, -0.2) is 22.1 Å². The number of nitrogens with two attached hydrogens (primary N) is 1. The Hall–Kier alpha value is -1.11. The summed E-state index contributed by atoms with van der Waals surface area (Å²) in [6, 6.07) is 1.09. The fraction of sp³-hybridized carbons (Fsp3) is 0.333. The van der Waals surface area contributed by atoms with Gasteiger partial charge in [-0.05, 0) is 0 Å². The van der Waals surface area contributed by atoms with E-state index in [2.05, 4.69) is 9.97 Å². The van der Waals surface area contributed by atoms with Gasteiger partial charge in [0.1, 0.15) is 5.82 Å². The van der Waals surface area contributed by atoms with E-state index in [9.17, 15) is 13.6 Å². The molecule has 13 heavy (non-hydrogen) atoms. The van der Waals surface area contributed by atoms with E-state index in [1.165, 1.54) is 0 Å². The van der Waals surface area contributed by atoms with E-state index in [1.807, 2.05) is 0 Å². The van der Waals surface area contributed by atoms with Crippen LogP contribution in [0.15, 0.2) is 16.0 Å². The largest absolute Gasteiger partial charge is 0.383 e. The normalized spacial score (nSPS) is 10.7. The van der Waals surface area contributed by atoms with Gasteiger partial charge in [-0.15, -0.1) is 0 Å². The maximum Gasteiger partial charge on any atom is 0.253 e. The Morgan fingerprint density at radius 1 is 1.69 bits per heavy atom. The standard InChI is InChI=1S/C6H7F2N3OS/c7-3(8)2-13-6-10-4(9)1-5(12)11-6/h1,3H,2H2,(H3,9,10,11,12). The van der Waals surface area contributed by atoms with Gasteiger partial charge in [-0.2, -0.15) is 0 Å². The molecule has 0 amide bonds. The van der Waals surface area contributed by atoms with Gasteiger partial charge in [0.2, 0.25) is 6.43 Å². The van der Waals surface area contributed by atoms with Crippen molar-refractivity contribution in [2.45, 2.75) is 11.6 Å². The van der Waals surface area contributed by atoms with Crippen LogP contribution in [0.25, 0.3) is 0 Å². The molecule has 0 aromatic carbocycles. The quantitative estimate of drug-likeness (QED) is 0.565. The summed E-state index contributed by atoms with van der Waals surface area (Å²) in [5.74, 6) is -0.382. The van der Waals surface area contributed by atoms with E-state index < -0.39 is 17.7 Å². The van der Waals surface area contributed by atoms with E-state index in [4.69, 9.17) is 5.73 Å². The first-order valence-corrected chi connectivity index (χ1v) is 4.34. The van der Waals surface area contributed by atoms with Crippen LogP contribution in [0.1, 0.15) is 0 Å². The molecule has 1 aromatic rings. The summed E-state index contributed by atoms with van der Waals surface area (Å²) in [4.78, 5) is 16.7. The summed E-state index contributed by atoms with van der Waals surface area (Å²) >= 11 is 0.760. The number of nitrogens with zero attached hydrogens (tertiary/aromatic N) is 1. The molecule has 0 bridgehead atoms. The van der Waals surface area contributed by atoms with Crippen LogP contribution in [0.4, 0.5) is 14.6 Å². The maximum atomic E-state index is 11.7. The molecule has 0 aliphatic rings. The molecule has 0 spiro atoms. The van der Waals surface area contributed by atoms with Crippen molar-refractivity contribution in [3.63, 3.8) is 0 Å². The Balaban J connectivity index is 2.72. The second kappa shape index (κ2) is 4.22. The predicted molar refractivity (Wildman–Crippen MR) is 46.0 cm³/mol. The number of anilines is 1. The number of alkyl halides is 2. The molecule has 72 valence electrons. The van der Waals surface area contributed by atoms with Crippen LogP contribution in [0.3, 0.4) is 0 Å². The number of hydrogen-bond donors (Lipinski definition) is 2. The lowest BCUT2D eigenvalue weighted by molar-refractivity contribution is 0.176. The maximum absolute atomic E-state index is 11.7. The van der Waals surface area contributed by atoms with Gasteiger partial charge < -0.3 is 10.7 Å². The Bertz CT molecular complexity index is 341. The SMILES string of the molecule is Nc1cc(=O)[nH]c(SCC(F)F)n1. The summed E-state index contributed by atoms with van der Waals surface area (Å²) in [5, 5.41) is 0.116. The number of hydrogen-bond acceptors (Lipinski definition) is 4. The molecule has 1 aromatic heterocycles. The molecule has 0 unspecified atom stereocenters. The number of H-pyrrole nitrogens is 1. The van der Waals surface area contributed by atoms with Gasteiger partial charge in [-0.25, -0.2) is 13.8 Å². The fourth-order valence-electron chi connectivity index (χ4n) is 0.664. The van der Waals surface area contributed by atoms with Crippen LogP contribution in [0.5, 0.6) is 0 Å². The minimum absolute atomic E-state index is 0.0283. The van der Waals surface area contributed by atoms with Crippen LogP contribution in [-0.2, 0) is 0 Å². The number of aromatic amines is 1. The zero-order chi connectivity index (χ0) is 9.84. The average molecular weight is 207 g/mol. The zero-order valence-corrected chi connectivity index (χ0v) is 7.28. The van der Waals surface area contributed by atoms with Gasteiger partial charge in [-0.1, -0.05) is 11.8 Å². The smallest absolute Gasteiger partial charge is 0.253 e. The van der Waals surface area contributed by atoms with Crippen LogP contribution >= 0.6 is 11.8 Å². The number of nitrogen functional groups attached to an aromatic ring is 1. The molecule has 0 aliphatic carbocycles. The van der Waals surface area contributed by atoms with Crippen molar-refractivity contribution in [3.05, 3.63) is 16.4 Å². The van der Waals surface area contributed by atoms with Crippen molar-refractivity contribution < 1.29 is 8.78 Å². The molecular formula is C6H7F2N3OS. The molecule has 0 saturated heterocycles. The summed E-state index contributed by atoms with van der Waals surface area (Å²) in [5.41, 5.74) is 4.79. The first-order chi connectivity index (χ1) is 6.08. The van der Waals surface area contributed by atoms with Crippen LogP contribution in [0.2, 0.25) is 0 Å². The Labute approximate surface area is 76.6 Å². The highest BCUT2D eigenvalue weighted by Gasteiger charge is 2.05. The number of thioether (sulfide) groups is 1. The van der Waals surface area contributed by atoms with E-state index in [0.717, 1.165) is 17.8 Å². The van der Waals surface area contributed by atoms with Crippen molar-refractivity contribution in [1.82, 2.24) is 9.97 Å². The molecule has 0 radical (unpaired) electrons. The highest BCUT2D eigenvalue weighted by molar-refractivity contribution is 7.99. The zero-order valence-electron chi connectivity index (χ0n) is 6.46. The molecule has 7 heteroatoms. The molecular weight excluding hydrogens is 200 g/mol. The van der Waals surface area contributed by atoms with E-state index in [-0.39, 0.29) is 11.0 Å². The van der Waals surface area contributed by atoms with Crippen LogP contribution in [0, 0.1) is 0 Å². The topological polar surface area (TPSA) is 71.8 Å². The first kappa shape index (κ1) is 9.97. The number of aromatic nitrogens is 2. The first-order valence-electron chi connectivity index (χ1n) is 3.35. The second-order valence-electron chi connectivity index (χ2n) is 2.18. The highest BCUT2D eigenvalue weighted by atomic mass is 32.2. The Kier molecular flexibility index (Phi) is 3.24. The summed E-state index contributed by atoms with van der Waals surface area (Å²) < 4.78 is 23.5. The lowest BCUT2D eigenvalue weighted by Crippen LogP contribution is -2.10. The third-order valence-corrected chi connectivity index (χ3v) is 1.97. The van der Waals surface area contributed by atoms with E-state index in [0.29, 0.717) is 0 Å². The molecule has 1 rings (SSSR count). The lowest BCUT2D eigenvalue weighted by Gasteiger charge is -1.99. The number of halogens is 2. The molecule has 3 N–H and O–H groups in total. The predicted octanol–water partition coefficient (Wildman–Crippen LogP) is 0.709. The summed E-state index contributed by atoms with van der Waals surface area (Å²) in [6.45, 7) is 0. The number of rotatable bonds is 3. The molecule has 0 fully saturated rings. The minimum atomic E-state index is -2.43. The molecule has 0 aliphatic heterocycles. The van der Waals surface area contributed by atoms with Crippen molar-refractivity contribution in [1.29, 1.82) is 0 Å². The van der Waals surface area contributed by atoms with Gasteiger partial charge >= 0.3 is 0 Å². The third kappa shape index (κ3) is 3.41. The summed E-state index contributed by atoms with van der Waals surface area (Å²) in [7, 11) is 0. The Morgan fingerprint density at radius 2 is 2.38 bits per heavy atom. The van der Waals surface area contributed by atoms with Gasteiger partial charge in [0.25, 0.3) is 5.56 Å². The fourth-order valence-corrected chi connectivity index (χ4v) is 1.29. The third-order valence-electron chi connectivity index (χ3n) is 1.09. The van der Waals surface area contributed by atoms with Gasteiger partial charge in [0.15, 0.2) is 5.16 Å². The van der Waals surface area contributed by atoms with Crippen molar-refractivity contribution in [2.75, 3.05) is 11.5 Å². The molecule has 0 saturated carbocycles. The minimum Gasteiger partial charge on any atom is -0.383 e. The van der Waals surface area contributed by atoms with Crippen molar-refractivity contribution in [3.8, 4) is 0 Å². The Morgan fingerprint density at radius 3 is 2.92 bits per heavy atom. The molecule has 1 heterocycles. The molecule has 4 nitrogen and oxygen atoms in total. The molecule has 0 atom stereocenters. The van der Waals surface area contributed by atoms with Gasteiger partial charge in [-0.3, -0.25) is 4.79 Å². The monoisotopic (exact) mass is 207 g/mol. The number of nitrogens with one attached hydrogen (secondary N) is 1. The summed E-state index contributed by atoms with van der Waals surface area (Å²) in [6.07, 6.45) is -2.43. The van der Waals surface area contributed by atoms with E-state index >= 15 is 0 Å². The van der Waals surface area contributed by atoms with Crippen molar-refractivity contribution in [2.24, 2.45) is 0 Å². The van der Waals surface area contributed by atoms with Gasteiger partial charge in [0, 0.05) is 6.07 Å². The average Bonchev–Trinajstić information content (AvgIpc) is 1.99. The van der Waals surface area contributed by atoms with Gasteiger partial charge in [0.05, 0.1) is 5.75 Å². The van der Waals surface area contributed by atoms with E-state index in [1.54, 1.807) is 0 Å². The van der Waals surface area contributed by atoms with Crippen LogP contribution < -0.4 is 11.3 Å². The lowest BCUT2D eigenvalue weighted by atomic mass is 10.6. The van der Waals surface area contributed by atoms with Crippen molar-refractivity contribution >= 4 is 17.6 Å². The second-order valence-corrected chi connectivity index (χ2v) is 3.19.